The molecule has 3 N–H and O–H groups in total. The molecule has 1 aromatic heterocycles. The molecule has 112 valence electrons. The highest BCUT2D eigenvalue weighted by Crippen LogP contribution is 2.26. The number of nitrogens with one attached hydrogen (secondary N) is 2. The number of rotatable bonds is 8. The Labute approximate surface area is 117 Å². The van der Waals surface area contributed by atoms with Crippen molar-refractivity contribution in [3.8, 4) is 0 Å². The fourth-order valence-electron chi connectivity index (χ4n) is 1.80. The Bertz CT molecular complexity index is 467. The Kier molecular flexibility index (Phi) is 6.10. The molecule has 1 unspecified atom stereocenters. The molecule has 0 aliphatic rings. The van der Waals surface area contributed by atoms with Gasteiger partial charge in [-0.05, 0) is 20.3 Å². The van der Waals surface area contributed by atoms with Gasteiger partial charge in [-0.2, -0.15) is 4.98 Å². The van der Waals surface area contributed by atoms with E-state index >= 15 is 0 Å². The molecule has 0 saturated heterocycles. The molecule has 0 radical (unpaired) electrons. The number of anilines is 2. The van der Waals surface area contributed by atoms with E-state index in [-0.39, 0.29) is 23.7 Å². The summed E-state index contributed by atoms with van der Waals surface area (Å²) in [6.45, 7) is 6.25. The minimum absolute atomic E-state index is 0.133. The maximum atomic E-state index is 11.1. The summed E-state index contributed by atoms with van der Waals surface area (Å²) in [5.74, 6) is 0.469. The predicted octanol–water partition coefficient (Wildman–Crippen LogP) is 1.70. The Balaban J connectivity index is 2.97. The highest BCUT2D eigenvalue weighted by Gasteiger charge is 2.22. The van der Waals surface area contributed by atoms with Crippen molar-refractivity contribution in [2.45, 2.75) is 39.7 Å². The second kappa shape index (κ2) is 7.59. The molecule has 8 nitrogen and oxygen atoms in total. The first kappa shape index (κ1) is 16.1. The number of aryl methyl sites for hydroxylation is 1. The monoisotopic (exact) mass is 283 g/mol. The predicted molar refractivity (Wildman–Crippen MR) is 77.0 cm³/mol. The molecule has 1 heterocycles. The SMILES string of the molecule is CCCC(O)CNc1nc(NCC)nc(C)c1[N+](=O)[O-]. The summed E-state index contributed by atoms with van der Waals surface area (Å²) in [6, 6.07) is 0. The second-order valence-electron chi connectivity index (χ2n) is 4.44. The first-order valence-corrected chi connectivity index (χ1v) is 6.68. The molecule has 0 aromatic carbocycles. The van der Waals surface area contributed by atoms with E-state index in [1.165, 1.54) is 0 Å². The second-order valence-corrected chi connectivity index (χ2v) is 4.44. The van der Waals surface area contributed by atoms with Gasteiger partial charge < -0.3 is 15.7 Å². The fraction of sp³-hybridized carbons (Fsp3) is 0.667. The van der Waals surface area contributed by atoms with E-state index in [0.29, 0.717) is 18.9 Å². The lowest BCUT2D eigenvalue weighted by Gasteiger charge is -2.13. The molecule has 20 heavy (non-hydrogen) atoms. The van der Waals surface area contributed by atoms with E-state index in [2.05, 4.69) is 20.6 Å². The Hall–Kier alpha value is -1.96. The molecule has 8 heteroatoms. The Morgan fingerprint density at radius 3 is 2.60 bits per heavy atom. The van der Waals surface area contributed by atoms with Crippen LogP contribution in [0.3, 0.4) is 0 Å². The molecule has 1 rings (SSSR count). The molecule has 0 spiro atoms. The zero-order valence-electron chi connectivity index (χ0n) is 12.0. The topological polar surface area (TPSA) is 113 Å². The van der Waals surface area contributed by atoms with Crippen LogP contribution in [0.2, 0.25) is 0 Å². The van der Waals surface area contributed by atoms with Crippen LogP contribution in [0.15, 0.2) is 0 Å². The summed E-state index contributed by atoms with van der Waals surface area (Å²) < 4.78 is 0. The highest BCUT2D eigenvalue weighted by atomic mass is 16.6. The van der Waals surface area contributed by atoms with Gasteiger partial charge in [-0.3, -0.25) is 10.1 Å². The molecule has 0 aliphatic heterocycles. The van der Waals surface area contributed by atoms with E-state index in [1.54, 1.807) is 6.92 Å². The van der Waals surface area contributed by atoms with Crippen molar-refractivity contribution < 1.29 is 10.0 Å². The van der Waals surface area contributed by atoms with Crippen molar-refractivity contribution in [2.24, 2.45) is 0 Å². The highest BCUT2D eigenvalue weighted by molar-refractivity contribution is 5.60. The summed E-state index contributed by atoms with van der Waals surface area (Å²) >= 11 is 0. The third-order valence-electron chi connectivity index (χ3n) is 2.70. The van der Waals surface area contributed by atoms with Crippen molar-refractivity contribution in [1.29, 1.82) is 0 Å². The van der Waals surface area contributed by atoms with Crippen LogP contribution in [0.5, 0.6) is 0 Å². The van der Waals surface area contributed by atoms with Crippen molar-refractivity contribution in [1.82, 2.24) is 9.97 Å². The third-order valence-corrected chi connectivity index (χ3v) is 2.70. The maximum Gasteiger partial charge on any atom is 0.332 e. The van der Waals surface area contributed by atoms with Gasteiger partial charge in [0.25, 0.3) is 0 Å². The van der Waals surface area contributed by atoms with Crippen LogP contribution < -0.4 is 10.6 Å². The lowest BCUT2D eigenvalue weighted by molar-refractivity contribution is -0.385. The van der Waals surface area contributed by atoms with Gasteiger partial charge in [0.15, 0.2) is 0 Å². The molecule has 0 fully saturated rings. The number of nitrogens with zero attached hydrogens (tertiary/aromatic N) is 3. The minimum Gasteiger partial charge on any atom is -0.391 e. The molecule has 1 aromatic rings. The number of hydrogen-bond acceptors (Lipinski definition) is 7. The number of nitro groups is 1. The first-order valence-electron chi connectivity index (χ1n) is 6.68. The van der Waals surface area contributed by atoms with Crippen LogP contribution in [0.25, 0.3) is 0 Å². The number of hydrogen-bond donors (Lipinski definition) is 3. The Morgan fingerprint density at radius 2 is 2.05 bits per heavy atom. The third kappa shape index (κ3) is 4.30. The van der Waals surface area contributed by atoms with E-state index < -0.39 is 11.0 Å². The van der Waals surface area contributed by atoms with Crippen molar-refractivity contribution in [3.05, 3.63) is 15.8 Å². The molecular formula is C12H21N5O3. The minimum atomic E-state index is -0.558. The van der Waals surface area contributed by atoms with Gasteiger partial charge in [-0.25, -0.2) is 4.98 Å². The summed E-state index contributed by atoms with van der Waals surface area (Å²) in [4.78, 5) is 18.7. The van der Waals surface area contributed by atoms with Gasteiger partial charge in [0.1, 0.15) is 5.69 Å². The van der Waals surface area contributed by atoms with Gasteiger partial charge in [0.05, 0.1) is 11.0 Å². The zero-order chi connectivity index (χ0) is 15.1. The Morgan fingerprint density at radius 1 is 1.35 bits per heavy atom. The molecule has 0 bridgehead atoms. The smallest absolute Gasteiger partial charge is 0.332 e. The van der Waals surface area contributed by atoms with E-state index in [4.69, 9.17) is 0 Å². The summed E-state index contributed by atoms with van der Waals surface area (Å²) in [7, 11) is 0. The quantitative estimate of drug-likeness (QED) is 0.491. The van der Waals surface area contributed by atoms with Crippen molar-refractivity contribution in [2.75, 3.05) is 23.7 Å². The number of aromatic nitrogens is 2. The van der Waals surface area contributed by atoms with Crippen LogP contribution in [0.4, 0.5) is 17.5 Å². The average molecular weight is 283 g/mol. The maximum absolute atomic E-state index is 11.1. The molecule has 0 amide bonds. The van der Waals surface area contributed by atoms with Gasteiger partial charge in [0, 0.05) is 13.1 Å². The fourth-order valence-corrected chi connectivity index (χ4v) is 1.80. The van der Waals surface area contributed by atoms with Gasteiger partial charge in [-0.1, -0.05) is 13.3 Å². The molecule has 0 saturated carbocycles. The summed E-state index contributed by atoms with van der Waals surface area (Å²) in [6.07, 6.45) is 0.916. The van der Waals surface area contributed by atoms with Crippen molar-refractivity contribution >= 4 is 17.5 Å². The average Bonchev–Trinajstić information content (AvgIpc) is 2.36. The van der Waals surface area contributed by atoms with Gasteiger partial charge >= 0.3 is 5.69 Å². The summed E-state index contributed by atoms with van der Waals surface area (Å²) in [5.41, 5.74) is 0.129. The van der Waals surface area contributed by atoms with E-state index in [1.807, 2.05) is 13.8 Å². The van der Waals surface area contributed by atoms with Crippen molar-refractivity contribution in [3.63, 3.8) is 0 Å². The molecular weight excluding hydrogens is 262 g/mol. The molecule has 1 atom stereocenters. The van der Waals surface area contributed by atoms with Crippen LogP contribution in [-0.2, 0) is 0 Å². The number of aliphatic hydroxyl groups is 1. The van der Waals surface area contributed by atoms with Crippen LogP contribution >= 0.6 is 0 Å². The van der Waals surface area contributed by atoms with Crippen LogP contribution in [0.1, 0.15) is 32.4 Å². The van der Waals surface area contributed by atoms with Crippen LogP contribution in [-0.4, -0.2) is 39.2 Å². The van der Waals surface area contributed by atoms with E-state index in [0.717, 1.165) is 6.42 Å². The molecule has 0 aliphatic carbocycles. The first-order chi connectivity index (χ1) is 9.49. The van der Waals surface area contributed by atoms with Crippen LogP contribution in [0, 0.1) is 17.0 Å². The zero-order valence-corrected chi connectivity index (χ0v) is 12.0. The lowest BCUT2D eigenvalue weighted by atomic mass is 10.2. The van der Waals surface area contributed by atoms with Gasteiger partial charge in [-0.15, -0.1) is 0 Å². The van der Waals surface area contributed by atoms with E-state index in [9.17, 15) is 15.2 Å². The normalized spacial score (nSPS) is 12.0. The number of aliphatic hydroxyl groups excluding tert-OH is 1. The summed E-state index contributed by atoms with van der Waals surface area (Å²) in [5, 5.41) is 26.5. The largest absolute Gasteiger partial charge is 0.391 e. The standard InChI is InChI=1S/C12H21N5O3/c1-4-6-9(18)7-14-11-10(17(19)20)8(3)15-12(16-11)13-5-2/h9,18H,4-7H2,1-3H3,(H2,13,14,15,16). The lowest BCUT2D eigenvalue weighted by Crippen LogP contribution is -2.21. The van der Waals surface area contributed by atoms with Gasteiger partial charge in [0.2, 0.25) is 11.8 Å².